The number of aromatic nitrogens is 3. The van der Waals surface area contributed by atoms with Crippen LogP contribution in [0.25, 0.3) is 0 Å². The summed E-state index contributed by atoms with van der Waals surface area (Å²) in [6.45, 7) is 5.75. The lowest BCUT2D eigenvalue weighted by atomic mass is 10.2. The Morgan fingerprint density at radius 3 is 2.67 bits per heavy atom. The van der Waals surface area contributed by atoms with E-state index < -0.39 is 0 Å². The molecule has 94 valence electrons. The number of rotatable bonds is 3. The minimum atomic E-state index is 0.0651. The van der Waals surface area contributed by atoms with E-state index >= 15 is 0 Å². The molecule has 1 atom stereocenters. The third-order valence-electron chi connectivity index (χ3n) is 2.68. The summed E-state index contributed by atoms with van der Waals surface area (Å²) in [6, 6.07) is 5.90. The second-order valence-corrected chi connectivity index (χ2v) is 4.51. The molecular formula is C13H15ClN4. The zero-order valence-electron chi connectivity index (χ0n) is 10.6. The molecule has 0 aliphatic carbocycles. The van der Waals surface area contributed by atoms with E-state index in [1.54, 1.807) is 6.20 Å². The molecule has 0 bridgehead atoms. The number of anilines is 1. The molecule has 2 aromatic rings. The van der Waals surface area contributed by atoms with Gasteiger partial charge in [-0.05, 0) is 32.9 Å². The SMILES string of the molecule is Cc1nc(Cl)c(C)c(NC(C)c2ccccn2)n1. The van der Waals surface area contributed by atoms with E-state index in [1.807, 2.05) is 39.0 Å². The van der Waals surface area contributed by atoms with Crippen molar-refractivity contribution in [1.82, 2.24) is 15.0 Å². The number of nitrogens with zero attached hydrogens (tertiary/aromatic N) is 3. The van der Waals surface area contributed by atoms with Crippen LogP contribution < -0.4 is 5.32 Å². The van der Waals surface area contributed by atoms with Crippen molar-refractivity contribution in [3.05, 3.63) is 46.6 Å². The maximum atomic E-state index is 6.04. The monoisotopic (exact) mass is 262 g/mol. The summed E-state index contributed by atoms with van der Waals surface area (Å²) in [5, 5.41) is 3.79. The van der Waals surface area contributed by atoms with Crippen molar-refractivity contribution in [2.24, 2.45) is 0 Å². The smallest absolute Gasteiger partial charge is 0.137 e. The van der Waals surface area contributed by atoms with Crippen molar-refractivity contribution in [3.8, 4) is 0 Å². The zero-order valence-corrected chi connectivity index (χ0v) is 11.4. The molecule has 5 heteroatoms. The van der Waals surface area contributed by atoms with Crippen LogP contribution in [0, 0.1) is 13.8 Å². The first-order valence-electron chi connectivity index (χ1n) is 5.76. The van der Waals surface area contributed by atoms with Gasteiger partial charge in [0.25, 0.3) is 0 Å². The van der Waals surface area contributed by atoms with Crippen LogP contribution >= 0.6 is 11.6 Å². The Labute approximate surface area is 111 Å². The predicted molar refractivity (Wildman–Crippen MR) is 72.8 cm³/mol. The van der Waals surface area contributed by atoms with Gasteiger partial charge in [-0.25, -0.2) is 9.97 Å². The molecule has 1 unspecified atom stereocenters. The Hall–Kier alpha value is -1.68. The van der Waals surface area contributed by atoms with Crippen LogP contribution in [0.3, 0.4) is 0 Å². The highest BCUT2D eigenvalue weighted by Crippen LogP contribution is 2.23. The molecule has 0 amide bonds. The fraction of sp³-hybridized carbons (Fsp3) is 0.308. The van der Waals surface area contributed by atoms with Gasteiger partial charge in [-0.15, -0.1) is 0 Å². The molecule has 0 saturated carbocycles. The third kappa shape index (κ3) is 2.76. The van der Waals surface area contributed by atoms with Gasteiger partial charge < -0.3 is 5.32 Å². The summed E-state index contributed by atoms with van der Waals surface area (Å²) < 4.78 is 0. The van der Waals surface area contributed by atoms with Gasteiger partial charge in [0.2, 0.25) is 0 Å². The van der Waals surface area contributed by atoms with Crippen LogP contribution in [-0.4, -0.2) is 15.0 Å². The third-order valence-corrected chi connectivity index (χ3v) is 3.05. The minimum Gasteiger partial charge on any atom is -0.362 e. The maximum absolute atomic E-state index is 6.04. The Bertz CT molecular complexity index is 542. The first-order valence-corrected chi connectivity index (χ1v) is 6.14. The normalized spacial score (nSPS) is 12.2. The Balaban J connectivity index is 2.24. The van der Waals surface area contributed by atoms with Crippen LogP contribution in [0.5, 0.6) is 0 Å². The number of hydrogen-bond acceptors (Lipinski definition) is 4. The molecule has 2 rings (SSSR count). The highest BCUT2D eigenvalue weighted by molar-refractivity contribution is 6.30. The topological polar surface area (TPSA) is 50.7 Å². The fourth-order valence-corrected chi connectivity index (χ4v) is 1.86. The highest BCUT2D eigenvalue weighted by Gasteiger charge is 2.11. The first-order chi connectivity index (χ1) is 8.58. The van der Waals surface area contributed by atoms with Gasteiger partial charge in [0.15, 0.2) is 0 Å². The molecule has 0 saturated heterocycles. The van der Waals surface area contributed by atoms with Crippen LogP contribution in [-0.2, 0) is 0 Å². The second kappa shape index (κ2) is 5.31. The number of nitrogens with one attached hydrogen (secondary N) is 1. The van der Waals surface area contributed by atoms with E-state index in [1.165, 1.54) is 0 Å². The number of halogens is 1. The summed E-state index contributed by atoms with van der Waals surface area (Å²) in [5.41, 5.74) is 1.81. The molecule has 0 aliphatic rings. The van der Waals surface area contributed by atoms with Gasteiger partial charge in [-0.2, -0.15) is 0 Å². The molecule has 0 aromatic carbocycles. The summed E-state index contributed by atoms with van der Waals surface area (Å²) in [5.74, 6) is 1.41. The van der Waals surface area contributed by atoms with Crippen molar-refractivity contribution in [3.63, 3.8) is 0 Å². The summed E-state index contributed by atoms with van der Waals surface area (Å²) in [4.78, 5) is 12.8. The Kier molecular flexibility index (Phi) is 3.77. The molecule has 4 nitrogen and oxygen atoms in total. The Morgan fingerprint density at radius 1 is 1.22 bits per heavy atom. The largest absolute Gasteiger partial charge is 0.362 e. The van der Waals surface area contributed by atoms with Gasteiger partial charge in [0.1, 0.15) is 16.8 Å². The van der Waals surface area contributed by atoms with E-state index in [-0.39, 0.29) is 6.04 Å². The quantitative estimate of drug-likeness (QED) is 0.862. The summed E-state index contributed by atoms with van der Waals surface area (Å²) in [6.07, 6.45) is 1.78. The van der Waals surface area contributed by atoms with Gasteiger partial charge >= 0.3 is 0 Å². The molecular weight excluding hydrogens is 248 g/mol. The van der Waals surface area contributed by atoms with Gasteiger partial charge in [0, 0.05) is 11.8 Å². The van der Waals surface area contributed by atoms with Crippen LogP contribution in [0.2, 0.25) is 5.15 Å². The molecule has 0 radical (unpaired) electrons. The number of pyridine rings is 1. The first kappa shape index (κ1) is 12.8. The lowest BCUT2D eigenvalue weighted by Gasteiger charge is -2.16. The lowest BCUT2D eigenvalue weighted by Crippen LogP contribution is -2.11. The van der Waals surface area contributed by atoms with E-state index in [0.717, 1.165) is 17.1 Å². The minimum absolute atomic E-state index is 0.0651. The summed E-state index contributed by atoms with van der Waals surface area (Å²) in [7, 11) is 0. The molecule has 0 aliphatic heterocycles. The molecule has 0 spiro atoms. The molecule has 0 fully saturated rings. The summed E-state index contributed by atoms with van der Waals surface area (Å²) >= 11 is 6.04. The number of aryl methyl sites for hydroxylation is 1. The predicted octanol–water partition coefficient (Wildman–Crippen LogP) is 3.31. The van der Waals surface area contributed by atoms with E-state index in [9.17, 15) is 0 Å². The molecule has 1 N–H and O–H groups in total. The average Bonchev–Trinajstić information content (AvgIpc) is 2.36. The van der Waals surface area contributed by atoms with Crippen LogP contribution in [0.15, 0.2) is 24.4 Å². The number of hydrogen-bond donors (Lipinski definition) is 1. The van der Waals surface area contributed by atoms with Crippen LogP contribution in [0.4, 0.5) is 5.82 Å². The zero-order chi connectivity index (χ0) is 13.1. The van der Waals surface area contributed by atoms with Crippen molar-refractivity contribution in [2.75, 3.05) is 5.32 Å². The molecule has 2 aromatic heterocycles. The maximum Gasteiger partial charge on any atom is 0.137 e. The second-order valence-electron chi connectivity index (χ2n) is 4.16. The van der Waals surface area contributed by atoms with Crippen molar-refractivity contribution in [1.29, 1.82) is 0 Å². The lowest BCUT2D eigenvalue weighted by molar-refractivity contribution is 0.824. The standard InChI is InChI=1S/C13H15ClN4/c1-8-12(14)17-10(3)18-13(8)16-9(2)11-6-4-5-7-15-11/h4-7,9H,1-3H3,(H,16,17,18). The average molecular weight is 263 g/mol. The van der Waals surface area contributed by atoms with Gasteiger partial charge in [0.05, 0.1) is 11.7 Å². The van der Waals surface area contributed by atoms with Crippen LogP contribution in [0.1, 0.15) is 30.0 Å². The van der Waals surface area contributed by atoms with Crippen molar-refractivity contribution >= 4 is 17.4 Å². The Morgan fingerprint density at radius 2 is 2.00 bits per heavy atom. The molecule has 18 heavy (non-hydrogen) atoms. The fourth-order valence-electron chi connectivity index (χ4n) is 1.65. The molecule has 2 heterocycles. The highest BCUT2D eigenvalue weighted by atomic mass is 35.5. The van der Waals surface area contributed by atoms with Crippen molar-refractivity contribution < 1.29 is 0 Å². The van der Waals surface area contributed by atoms with Gasteiger partial charge in [-0.3, -0.25) is 4.98 Å². The van der Waals surface area contributed by atoms with Gasteiger partial charge in [-0.1, -0.05) is 17.7 Å². The van der Waals surface area contributed by atoms with E-state index in [2.05, 4.69) is 20.3 Å². The van der Waals surface area contributed by atoms with E-state index in [4.69, 9.17) is 11.6 Å². The van der Waals surface area contributed by atoms with E-state index in [0.29, 0.717) is 11.0 Å². The van der Waals surface area contributed by atoms with Crippen molar-refractivity contribution in [2.45, 2.75) is 26.8 Å².